The Hall–Kier alpha value is -2.36. The number of aromatic hydroxyl groups is 2. The van der Waals surface area contributed by atoms with E-state index in [-0.39, 0.29) is 22.7 Å². The highest BCUT2D eigenvalue weighted by Crippen LogP contribution is 2.28. The Kier molecular flexibility index (Phi) is 4.26. The number of benzene rings is 2. The second-order valence-corrected chi connectivity index (χ2v) is 5.24. The van der Waals surface area contributed by atoms with Gasteiger partial charge in [0.2, 0.25) is 0 Å². The van der Waals surface area contributed by atoms with Crippen LogP contribution in [0.2, 0.25) is 0 Å². The van der Waals surface area contributed by atoms with Crippen molar-refractivity contribution >= 4 is 39.9 Å². The molecule has 2 aromatic rings. The van der Waals surface area contributed by atoms with Crippen molar-refractivity contribution in [2.24, 2.45) is 0 Å². The molecule has 108 valence electrons. The maximum absolute atomic E-state index is 12.0. The van der Waals surface area contributed by atoms with Crippen molar-refractivity contribution in [1.82, 2.24) is 0 Å². The Bertz CT molecular complexity index is 732. The van der Waals surface area contributed by atoms with Crippen LogP contribution in [0.5, 0.6) is 11.5 Å². The van der Waals surface area contributed by atoms with E-state index in [1.165, 1.54) is 24.3 Å². The molecule has 0 fully saturated rings. The Labute approximate surface area is 132 Å². The monoisotopic (exact) mass is 400 g/mol. The van der Waals surface area contributed by atoms with Crippen molar-refractivity contribution in [3.05, 3.63) is 55.6 Å². The van der Waals surface area contributed by atoms with Crippen molar-refractivity contribution in [2.75, 3.05) is 5.32 Å². The Balaban J connectivity index is 2.23. The lowest BCUT2D eigenvalue weighted by Crippen LogP contribution is -2.12. The number of non-ortho nitro benzene ring substituents is 1. The second-order valence-electron chi connectivity index (χ2n) is 4.08. The predicted octanol–water partition coefficient (Wildman–Crippen LogP) is 2.86. The number of nitrogens with zero attached hydrogens (tertiary/aromatic N) is 1. The zero-order valence-electron chi connectivity index (χ0n) is 10.4. The van der Waals surface area contributed by atoms with Gasteiger partial charge in [-0.1, -0.05) is 0 Å². The molecule has 0 spiro atoms. The molecule has 0 unspecified atom stereocenters. The second kappa shape index (κ2) is 5.95. The first kappa shape index (κ1) is 15.0. The van der Waals surface area contributed by atoms with Crippen molar-refractivity contribution in [3.63, 3.8) is 0 Å². The summed E-state index contributed by atoms with van der Waals surface area (Å²) in [6, 6.07) is 7.72. The van der Waals surface area contributed by atoms with Gasteiger partial charge in [0, 0.05) is 11.6 Å². The summed E-state index contributed by atoms with van der Waals surface area (Å²) in [6.45, 7) is 0. The van der Waals surface area contributed by atoms with Gasteiger partial charge in [-0.3, -0.25) is 14.9 Å². The van der Waals surface area contributed by atoms with Crippen LogP contribution in [0.25, 0.3) is 0 Å². The maximum atomic E-state index is 12.0. The lowest BCUT2D eigenvalue weighted by molar-refractivity contribution is -0.384. The van der Waals surface area contributed by atoms with Gasteiger partial charge >= 0.3 is 0 Å². The summed E-state index contributed by atoms with van der Waals surface area (Å²) in [5.41, 5.74) is -0.0354. The van der Waals surface area contributed by atoms with E-state index in [1.54, 1.807) is 6.07 Å². The average molecular weight is 400 g/mol. The summed E-state index contributed by atoms with van der Waals surface area (Å²) in [5.74, 6) is -0.991. The van der Waals surface area contributed by atoms with Crippen LogP contribution in [-0.2, 0) is 0 Å². The number of nitro benzene ring substituents is 1. The van der Waals surface area contributed by atoms with Crippen molar-refractivity contribution in [1.29, 1.82) is 0 Å². The van der Waals surface area contributed by atoms with Crippen molar-refractivity contribution in [3.8, 4) is 11.5 Å². The zero-order chi connectivity index (χ0) is 15.6. The van der Waals surface area contributed by atoms with Gasteiger partial charge in [0.15, 0.2) is 0 Å². The standard InChI is InChI=1S/C13H9IN2O5/c14-9-3-1-7(5-11(9)17)13(19)15-10-4-2-8(16(20)21)6-12(10)18/h1-6,17-18H,(H,15,19). The molecule has 1 amide bonds. The van der Waals surface area contributed by atoms with Crippen LogP contribution in [0.15, 0.2) is 36.4 Å². The largest absolute Gasteiger partial charge is 0.507 e. The number of carbonyl (C=O) groups excluding carboxylic acids is 1. The third-order valence-electron chi connectivity index (χ3n) is 2.65. The van der Waals surface area contributed by atoms with Crippen LogP contribution in [0.1, 0.15) is 10.4 Å². The van der Waals surface area contributed by atoms with E-state index in [1.807, 2.05) is 22.6 Å². The number of anilines is 1. The predicted molar refractivity (Wildman–Crippen MR) is 83.5 cm³/mol. The van der Waals surface area contributed by atoms with Gasteiger partial charge in [-0.15, -0.1) is 0 Å². The topological polar surface area (TPSA) is 113 Å². The first-order chi connectivity index (χ1) is 9.88. The smallest absolute Gasteiger partial charge is 0.273 e. The molecule has 0 saturated heterocycles. The summed E-state index contributed by atoms with van der Waals surface area (Å²) < 4.78 is 0.599. The molecular formula is C13H9IN2O5. The fourth-order valence-electron chi connectivity index (χ4n) is 1.59. The Morgan fingerprint density at radius 3 is 2.43 bits per heavy atom. The SMILES string of the molecule is O=C(Nc1ccc([N+](=O)[O-])cc1O)c1ccc(I)c(O)c1. The molecule has 0 aliphatic carbocycles. The van der Waals surface area contributed by atoms with E-state index in [4.69, 9.17) is 0 Å². The number of amides is 1. The zero-order valence-corrected chi connectivity index (χ0v) is 12.6. The highest BCUT2D eigenvalue weighted by molar-refractivity contribution is 14.1. The molecule has 2 rings (SSSR count). The van der Waals surface area contributed by atoms with Gasteiger partial charge < -0.3 is 15.5 Å². The number of phenols is 2. The van der Waals surface area contributed by atoms with Gasteiger partial charge in [0.25, 0.3) is 11.6 Å². The molecule has 0 radical (unpaired) electrons. The molecule has 0 heterocycles. The minimum atomic E-state index is -0.650. The first-order valence-electron chi connectivity index (χ1n) is 5.66. The molecule has 0 atom stereocenters. The van der Waals surface area contributed by atoms with Crippen molar-refractivity contribution in [2.45, 2.75) is 0 Å². The van der Waals surface area contributed by atoms with Crippen LogP contribution >= 0.6 is 22.6 Å². The molecule has 8 heteroatoms. The third kappa shape index (κ3) is 3.40. The minimum absolute atomic E-state index is 0.0313. The number of halogens is 1. The van der Waals surface area contributed by atoms with E-state index >= 15 is 0 Å². The summed E-state index contributed by atoms with van der Waals surface area (Å²) in [6.07, 6.45) is 0. The fourth-order valence-corrected chi connectivity index (χ4v) is 1.92. The molecule has 0 saturated carbocycles. The third-order valence-corrected chi connectivity index (χ3v) is 3.56. The number of nitrogens with one attached hydrogen (secondary N) is 1. The van der Waals surface area contributed by atoms with Crippen LogP contribution in [-0.4, -0.2) is 21.0 Å². The molecule has 0 aliphatic rings. The number of hydrogen-bond donors (Lipinski definition) is 3. The van der Waals surface area contributed by atoms with Gasteiger partial charge in [0.05, 0.1) is 20.2 Å². The Morgan fingerprint density at radius 2 is 1.86 bits per heavy atom. The van der Waals surface area contributed by atoms with Crippen molar-refractivity contribution < 1.29 is 19.9 Å². The van der Waals surface area contributed by atoms with Crippen LogP contribution < -0.4 is 5.32 Å². The molecule has 2 aromatic carbocycles. The Morgan fingerprint density at radius 1 is 1.14 bits per heavy atom. The number of carbonyl (C=O) groups is 1. The minimum Gasteiger partial charge on any atom is -0.507 e. The molecular weight excluding hydrogens is 391 g/mol. The van der Waals surface area contributed by atoms with Gasteiger partial charge in [0.1, 0.15) is 11.5 Å². The molecule has 7 nitrogen and oxygen atoms in total. The quantitative estimate of drug-likeness (QED) is 0.318. The summed E-state index contributed by atoms with van der Waals surface area (Å²) in [5, 5.41) is 32.2. The van der Waals surface area contributed by atoms with E-state index in [0.29, 0.717) is 3.57 Å². The maximum Gasteiger partial charge on any atom is 0.273 e. The van der Waals surface area contributed by atoms with Gasteiger partial charge in [-0.25, -0.2) is 0 Å². The van der Waals surface area contributed by atoms with E-state index < -0.39 is 16.6 Å². The highest BCUT2D eigenvalue weighted by Gasteiger charge is 2.14. The summed E-state index contributed by atoms with van der Waals surface area (Å²) >= 11 is 1.92. The number of nitro groups is 1. The van der Waals surface area contributed by atoms with E-state index in [9.17, 15) is 25.1 Å². The van der Waals surface area contributed by atoms with Crippen LogP contribution in [0, 0.1) is 13.7 Å². The van der Waals surface area contributed by atoms with Gasteiger partial charge in [-0.05, 0) is 46.9 Å². The molecule has 0 bridgehead atoms. The fraction of sp³-hybridized carbons (Fsp3) is 0. The average Bonchev–Trinajstić information content (AvgIpc) is 2.43. The first-order valence-corrected chi connectivity index (χ1v) is 6.73. The van der Waals surface area contributed by atoms with Crippen LogP contribution in [0.3, 0.4) is 0 Å². The van der Waals surface area contributed by atoms with E-state index in [0.717, 1.165) is 6.07 Å². The van der Waals surface area contributed by atoms with Crippen LogP contribution in [0.4, 0.5) is 11.4 Å². The number of rotatable bonds is 3. The molecule has 3 N–H and O–H groups in total. The van der Waals surface area contributed by atoms with E-state index in [2.05, 4.69) is 5.32 Å². The normalized spacial score (nSPS) is 10.1. The lowest BCUT2D eigenvalue weighted by Gasteiger charge is -2.08. The summed E-state index contributed by atoms with van der Waals surface area (Å²) in [4.78, 5) is 21.9. The molecule has 21 heavy (non-hydrogen) atoms. The number of phenolic OH excluding ortho intramolecular Hbond substituents is 2. The lowest BCUT2D eigenvalue weighted by atomic mass is 10.2. The number of hydrogen-bond acceptors (Lipinski definition) is 5. The summed E-state index contributed by atoms with van der Waals surface area (Å²) in [7, 11) is 0. The molecule has 0 aliphatic heterocycles. The molecule has 0 aromatic heterocycles. The van der Waals surface area contributed by atoms with Gasteiger partial charge in [-0.2, -0.15) is 0 Å². The highest BCUT2D eigenvalue weighted by atomic mass is 127.